The number of piperidine rings is 1. The Morgan fingerprint density at radius 2 is 1.26 bits per heavy atom. The van der Waals surface area contributed by atoms with E-state index in [1.54, 1.807) is 0 Å². The SMILES string of the molecule is C[C@H]1C(=O)[C@H](C)[C@H](c2cccc(Br)c2)N[C@@H]1c1cccc(Br)c1. The number of Topliss-reactive ketones (excluding diaryl/α,β-unsaturated/α-hetero) is 1. The van der Waals surface area contributed by atoms with E-state index in [0.717, 1.165) is 20.1 Å². The second-order valence-electron chi connectivity index (χ2n) is 6.21. The number of nitrogens with one attached hydrogen (secondary N) is 1. The summed E-state index contributed by atoms with van der Waals surface area (Å²) in [5.41, 5.74) is 2.29. The highest BCUT2D eigenvalue weighted by molar-refractivity contribution is 9.10. The van der Waals surface area contributed by atoms with Crippen molar-refractivity contribution in [1.82, 2.24) is 5.32 Å². The van der Waals surface area contributed by atoms with E-state index in [1.807, 2.05) is 38.1 Å². The summed E-state index contributed by atoms with van der Waals surface area (Å²) in [6.45, 7) is 4.04. The van der Waals surface area contributed by atoms with E-state index >= 15 is 0 Å². The second-order valence-corrected chi connectivity index (χ2v) is 8.04. The zero-order valence-corrected chi connectivity index (χ0v) is 16.3. The lowest BCUT2D eigenvalue weighted by molar-refractivity contribution is -0.130. The van der Waals surface area contributed by atoms with Gasteiger partial charge in [0.25, 0.3) is 0 Å². The average Bonchev–Trinajstić information content (AvgIpc) is 2.53. The van der Waals surface area contributed by atoms with Crippen LogP contribution in [0.4, 0.5) is 0 Å². The van der Waals surface area contributed by atoms with Gasteiger partial charge in [-0.3, -0.25) is 4.79 Å². The van der Waals surface area contributed by atoms with Gasteiger partial charge in [-0.05, 0) is 35.4 Å². The molecule has 2 nitrogen and oxygen atoms in total. The molecule has 120 valence electrons. The number of ketones is 1. The van der Waals surface area contributed by atoms with Gasteiger partial charge >= 0.3 is 0 Å². The Kier molecular flexibility index (Phi) is 5.04. The molecule has 0 spiro atoms. The van der Waals surface area contributed by atoms with E-state index in [-0.39, 0.29) is 23.9 Å². The van der Waals surface area contributed by atoms with Gasteiger partial charge in [0.05, 0.1) is 0 Å². The van der Waals surface area contributed by atoms with Crippen molar-refractivity contribution in [3.8, 4) is 0 Å². The summed E-state index contributed by atoms with van der Waals surface area (Å²) in [6.07, 6.45) is 0. The summed E-state index contributed by atoms with van der Waals surface area (Å²) in [5.74, 6) is 0.240. The average molecular weight is 437 g/mol. The highest BCUT2D eigenvalue weighted by Crippen LogP contribution is 2.39. The number of halogens is 2. The Morgan fingerprint density at radius 3 is 1.65 bits per heavy atom. The van der Waals surface area contributed by atoms with Gasteiger partial charge in [0.2, 0.25) is 0 Å². The van der Waals surface area contributed by atoms with Crippen molar-refractivity contribution in [2.45, 2.75) is 25.9 Å². The first-order chi connectivity index (χ1) is 11.0. The molecule has 0 saturated carbocycles. The molecule has 1 heterocycles. The number of benzene rings is 2. The molecule has 2 aromatic rings. The summed E-state index contributed by atoms with van der Waals surface area (Å²) in [6, 6.07) is 16.5. The van der Waals surface area contributed by atoms with Crippen molar-refractivity contribution in [1.29, 1.82) is 0 Å². The van der Waals surface area contributed by atoms with Crippen molar-refractivity contribution >= 4 is 37.6 Å². The van der Waals surface area contributed by atoms with E-state index in [9.17, 15) is 4.79 Å². The maximum Gasteiger partial charge on any atom is 0.142 e. The van der Waals surface area contributed by atoms with Gasteiger partial charge in [0, 0.05) is 32.9 Å². The molecule has 4 atom stereocenters. The Bertz CT molecular complexity index is 671. The van der Waals surface area contributed by atoms with Crippen molar-refractivity contribution in [3.63, 3.8) is 0 Å². The highest BCUT2D eigenvalue weighted by Gasteiger charge is 2.40. The maximum atomic E-state index is 12.8. The van der Waals surface area contributed by atoms with Gasteiger partial charge in [-0.2, -0.15) is 0 Å². The first-order valence-corrected chi connectivity index (χ1v) is 9.36. The number of hydrogen-bond acceptors (Lipinski definition) is 2. The summed E-state index contributed by atoms with van der Waals surface area (Å²) in [5, 5.41) is 3.71. The number of hydrogen-bond donors (Lipinski definition) is 1. The Balaban J connectivity index is 1.97. The second kappa shape index (κ2) is 6.88. The number of rotatable bonds is 2. The first kappa shape index (κ1) is 16.9. The van der Waals surface area contributed by atoms with Crippen molar-refractivity contribution in [2.75, 3.05) is 0 Å². The van der Waals surface area contributed by atoms with Crippen LogP contribution in [0.15, 0.2) is 57.5 Å². The lowest BCUT2D eigenvalue weighted by atomic mass is 9.76. The number of carbonyl (C=O) groups is 1. The van der Waals surface area contributed by atoms with Crippen LogP contribution < -0.4 is 5.32 Å². The molecule has 0 bridgehead atoms. The lowest BCUT2D eigenvalue weighted by Crippen LogP contribution is -2.46. The molecule has 1 aliphatic heterocycles. The normalized spacial score (nSPS) is 27.9. The minimum atomic E-state index is -0.0392. The molecule has 0 radical (unpaired) electrons. The molecule has 0 aliphatic carbocycles. The number of carbonyl (C=O) groups excluding carboxylic acids is 1. The molecular formula is C19H19Br2NO. The summed E-state index contributed by atoms with van der Waals surface area (Å²) in [7, 11) is 0. The molecule has 3 rings (SSSR count). The highest BCUT2D eigenvalue weighted by atomic mass is 79.9. The summed E-state index contributed by atoms with van der Waals surface area (Å²) < 4.78 is 2.07. The quantitative estimate of drug-likeness (QED) is 0.679. The molecule has 4 heteroatoms. The van der Waals surface area contributed by atoms with Gasteiger partial charge in [0.15, 0.2) is 0 Å². The van der Waals surface area contributed by atoms with E-state index in [1.165, 1.54) is 0 Å². The van der Waals surface area contributed by atoms with Gasteiger partial charge < -0.3 is 5.32 Å². The minimum absolute atomic E-state index is 0.0279. The molecular weight excluding hydrogens is 418 g/mol. The molecule has 0 aromatic heterocycles. The Hall–Kier alpha value is -0.970. The van der Waals surface area contributed by atoms with E-state index in [4.69, 9.17) is 0 Å². The predicted octanol–water partition coefficient (Wildman–Crippen LogP) is 5.44. The molecule has 1 saturated heterocycles. The minimum Gasteiger partial charge on any atom is -0.302 e. The molecule has 1 aliphatic rings. The van der Waals surface area contributed by atoms with E-state index < -0.39 is 0 Å². The fraction of sp³-hybridized carbons (Fsp3) is 0.316. The van der Waals surface area contributed by atoms with Crippen LogP contribution in [0.5, 0.6) is 0 Å². The van der Waals surface area contributed by atoms with Crippen molar-refractivity contribution in [3.05, 3.63) is 68.6 Å². The van der Waals surface area contributed by atoms with Gasteiger partial charge in [-0.1, -0.05) is 70.0 Å². The fourth-order valence-corrected chi connectivity index (χ4v) is 4.23. The van der Waals surface area contributed by atoms with Crippen LogP contribution in [0.1, 0.15) is 37.1 Å². The Labute approximate surface area is 153 Å². The van der Waals surface area contributed by atoms with Crippen LogP contribution in [0, 0.1) is 11.8 Å². The third-order valence-electron chi connectivity index (χ3n) is 4.67. The standard InChI is InChI=1S/C19H19Br2NO/c1-11-17(13-5-3-7-15(20)9-13)22-18(12(2)19(11)23)14-6-4-8-16(21)10-14/h3-12,17-18,22H,1-2H3/t11-,12-,17-,18+/m1/s1. The van der Waals surface area contributed by atoms with Gasteiger partial charge in [-0.15, -0.1) is 0 Å². The van der Waals surface area contributed by atoms with Crippen LogP contribution in [0.2, 0.25) is 0 Å². The molecule has 1 fully saturated rings. The van der Waals surface area contributed by atoms with Gasteiger partial charge in [0.1, 0.15) is 5.78 Å². The maximum absolute atomic E-state index is 12.8. The molecule has 1 N–H and O–H groups in total. The molecule has 23 heavy (non-hydrogen) atoms. The van der Waals surface area contributed by atoms with Gasteiger partial charge in [-0.25, -0.2) is 0 Å². The Morgan fingerprint density at radius 1 is 0.826 bits per heavy atom. The first-order valence-electron chi connectivity index (χ1n) is 7.78. The third-order valence-corrected chi connectivity index (χ3v) is 5.66. The lowest BCUT2D eigenvalue weighted by Gasteiger charge is -2.39. The molecule has 0 amide bonds. The van der Waals surface area contributed by atoms with Crippen LogP contribution in [-0.4, -0.2) is 5.78 Å². The van der Waals surface area contributed by atoms with Crippen LogP contribution in [-0.2, 0) is 4.79 Å². The van der Waals surface area contributed by atoms with E-state index in [2.05, 4.69) is 61.4 Å². The predicted molar refractivity (Wildman–Crippen MR) is 100 cm³/mol. The van der Waals surface area contributed by atoms with Crippen LogP contribution in [0.25, 0.3) is 0 Å². The van der Waals surface area contributed by atoms with Crippen LogP contribution >= 0.6 is 31.9 Å². The largest absolute Gasteiger partial charge is 0.302 e. The third kappa shape index (κ3) is 3.44. The van der Waals surface area contributed by atoms with Crippen LogP contribution in [0.3, 0.4) is 0 Å². The van der Waals surface area contributed by atoms with E-state index in [0.29, 0.717) is 5.78 Å². The zero-order valence-electron chi connectivity index (χ0n) is 13.1. The fourth-order valence-electron chi connectivity index (χ4n) is 3.40. The smallest absolute Gasteiger partial charge is 0.142 e. The van der Waals surface area contributed by atoms with Crippen molar-refractivity contribution < 1.29 is 4.79 Å². The summed E-state index contributed by atoms with van der Waals surface area (Å²) >= 11 is 7.05. The molecule has 0 unspecified atom stereocenters. The molecule has 2 aromatic carbocycles. The summed E-state index contributed by atoms with van der Waals surface area (Å²) in [4.78, 5) is 12.8. The zero-order chi connectivity index (χ0) is 16.6. The topological polar surface area (TPSA) is 29.1 Å². The monoisotopic (exact) mass is 435 g/mol. The van der Waals surface area contributed by atoms with Crippen molar-refractivity contribution in [2.24, 2.45) is 11.8 Å².